The van der Waals surface area contributed by atoms with E-state index in [9.17, 15) is 0 Å². The summed E-state index contributed by atoms with van der Waals surface area (Å²) in [5, 5.41) is 4.84. The Morgan fingerprint density at radius 2 is 1.48 bits per heavy atom. The molecule has 3 aromatic carbocycles. The summed E-state index contributed by atoms with van der Waals surface area (Å²) < 4.78 is 1.25. The molecule has 0 aliphatic heterocycles. The maximum absolute atomic E-state index is 4.74. The van der Waals surface area contributed by atoms with Crippen molar-refractivity contribution in [3.63, 3.8) is 0 Å². The van der Waals surface area contributed by atoms with Crippen LogP contribution in [0, 0.1) is 0 Å². The summed E-state index contributed by atoms with van der Waals surface area (Å²) in [6, 6.07) is 29.9. The lowest BCUT2D eigenvalue weighted by Crippen LogP contribution is -2.22. The highest BCUT2D eigenvalue weighted by Crippen LogP contribution is 2.23. The Morgan fingerprint density at radius 3 is 2.24 bits per heavy atom. The minimum atomic E-state index is 0.274. The van der Waals surface area contributed by atoms with Crippen LogP contribution in [0.3, 0.4) is 0 Å². The fraction of sp³-hybridized carbons (Fsp3) is 0.136. The topological polar surface area (TPSA) is 24.9 Å². The monoisotopic (exact) mass is 344 g/mol. The van der Waals surface area contributed by atoms with E-state index in [2.05, 4.69) is 84.2 Å². The van der Waals surface area contributed by atoms with Gasteiger partial charge in [0, 0.05) is 12.6 Å². The van der Waals surface area contributed by atoms with E-state index in [-0.39, 0.29) is 6.04 Å². The van der Waals surface area contributed by atoms with Crippen molar-refractivity contribution in [3.05, 3.63) is 101 Å². The second-order valence-corrected chi connectivity index (χ2v) is 7.22. The summed E-state index contributed by atoms with van der Waals surface area (Å²) in [5.74, 6) is 0. The van der Waals surface area contributed by atoms with Gasteiger partial charge in [-0.05, 0) is 29.7 Å². The molecule has 25 heavy (non-hydrogen) atoms. The summed E-state index contributed by atoms with van der Waals surface area (Å²) >= 11 is 1.77. The Balaban J connectivity index is 1.53. The van der Waals surface area contributed by atoms with Gasteiger partial charge < -0.3 is 5.32 Å². The van der Waals surface area contributed by atoms with Gasteiger partial charge in [-0.15, -0.1) is 11.3 Å². The largest absolute Gasteiger partial charge is 0.303 e. The molecule has 4 aromatic rings. The molecule has 0 unspecified atom stereocenters. The molecule has 3 heteroatoms. The average Bonchev–Trinajstić information content (AvgIpc) is 3.09. The van der Waals surface area contributed by atoms with Crippen LogP contribution in [0.15, 0.2) is 84.9 Å². The number of aromatic nitrogens is 1. The number of fused-ring (bicyclic) bond motifs is 1. The lowest BCUT2D eigenvalue weighted by Gasteiger charge is -2.19. The first-order chi connectivity index (χ1) is 12.4. The molecule has 1 heterocycles. The standard InChI is InChI=1S/C22H20N2S/c1-3-9-17(10-4-1)15-20(18-11-5-2-6-12-18)23-16-22-24-19-13-7-8-14-21(19)25-22/h1-14,20,23H,15-16H2/t20-/m1/s1. The second-order valence-electron chi connectivity index (χ2n) is 6.11. The molecule has 0 saturated carbocycles. The third-order valence-electron chi connectivity index (χ3n) is 4.32. The van der Waals surface area contributed by atoms with Crippen LogP contribution in [0.2, 0.25) is 0 Å². The van der Waals surface area contributed by atoms with Crippen LogP contribution in [0.5, 0.6) is 0 Å². The van der Waals surface area contributed by atoms with Crippen molar-refractivity contribution in [1.82, 2.24) is 10.3 Å². The van der Waals surface area contributed by atoms with Crippen molar-refractivity contribution in [2.75, 3.05) is 0 Å². The maximum Gasteiger partial charge on any atom is 0.108 e. The summed E-state index contributed by atoms with van der Waals surface area (Å²) in [5.41, 5.74) is 3.74. The molecule has 0 aliphatic rings. The molecule has 0 bridgehead atoms. The van der Waals surface area contributed by atoms with Crippen LogP contribution in [-0.2, 0) is 13.0 Å². The van der Waals surface area contributed by atoms with Gasteiger partial charge in [0.25, 0.3) is 0 Å². The summed E-state index contributed by atoms with van der Waals surface area (Å²) in [6.07, 6.45) is 0.968. The molecule has 0 saturated heterocycles. The van der Waals surface area contributed by atoms with Gasteiger partial charge >= 0.3 is 0 Å². The molecule has 0 spiro atoms. The number of hydrogen-bond acceptors (Lipinski definition) is 3. The van der Waals surface area contributed by atoms with Crippen LogP contribution in [0.1, 0.15) is 22.2 Å². The zero-order chi connectivity index (χ0) is 16.9. The predicted octanol–water partition coefficient (Wildman–Crippen LogP) is 5.37. The van der Waals surface area contributed by atoms with Gasteiger partial charge in [0.1, 0.15) is 5.01 Å². The number of para-hydroxylation sites is 1. The molecule has 2 nitrogen and oxygen atoms in total. The fourth-order valence-corrected chi connectivity index (χ4v) is 3.97. The van der Waals surface area contributed by atoms with Crippen molar-refractivity contribution in [2.45, 2.75) is 19.0 Å². The number of hydrogen-bond donors (Lipinski definition) is 1. The highest BCUT2D eigenvalue weighted by Gasteiger charge is 2.13. The molecular weight excluding hydrogens is 324 g/mol. The predicted molar refractivity (Wildman–Crippen MR) is 106 cm³/mol. The number of thiazole rings is 1. The van der Waals surface area contributed by atoms with E-state index in [0.717, 1.165) is 23.5 Å². The van der Waals surface area contributed by atoms with Crippen LogP contribution in [0.25, 0.3) is 10.2 Å². The zero-order valence-electron chi connectivity index (χ0n) is 13.9. The van der Waals surface area contributed by atoms with Gasteiger partial charge in [0.15, 0.2) is 0 Å². The zero-order valence-corrected chi connectivity index (χ0v) is 14.7. The van der Waals surface area contributed by atoms with E-state index in [1.807, 2.05) is 6.07 Å². The SMILES string of the molecule is c1ccc(C[C@@H](NCc2nc3ccccc3s2)c2ccccc2)cc1. The van der Waals surface area contributed by atoms with E-state index in [1.54, 1.807) is 11.3 Å². The smallest absolute Gasteiger partial charge is 0.108 e. The summed E-state index contributed by atoms with van der Waals surface area (Å²) in [6.45, 7) is 0.783. The van der Waals surface area contributed by atoms with Crippen LogP contribution < -0.4 is 5.32 Å². The number of rotatable bonds is 6. The van der Waals surface area contributed by atoms with Gasteiger partial charge in [0.2, 0.25) is 0 Å². The number of nitrogens with one attached hydrogen (secondary N) is 1. The van der Waals surface area contributed by atoms with Gasteiger partial charge in [-0.3, -0.25) is 0 Å². The third kappa shape index (κ3) is 3.95. The van der Waals surface area contributed by atoms with Crippen molar-refractivity contribution < 1.29 is 0 Å². The first-order valence-electron chi connectivity index (χ1n) is 8.55. The summed E-state index contributed by atoms with van der Waals surface area (Å²) in [4.78, 5) is 4.74. The molecule has 0 amide bonds. The first-order valence-corrected chi connectivity index (χ1v) is 9.37. The van der Waals surface area contributed by atoms with E-state index in [4.69, 9.17) is 4.98 Å². The van der Waals surface area contributed by atoms with Crippen molar-refractivity contribution in [3.8, 4) is 0 Å². The molecular formula is C22H20N2S. The fourth-order valence-electron chi connectivity index (χ4n) is 3.05. The van der Waals surface area contributed by atoms with Gasteiger partial charge in [0.05, 0.1) is 10.2 Å². The first kappa shape index (κ1) is 16.0. The minimum Gasteiger partial charge on any atom is -0.303 e. The quantitative estimate of drug-likeness (QED) is 0.508. The van der Waals surface area contributed by atoms with Crippen LogP contribution >= 0.6 is 11.3 Å². The Bertz CT molecular complexity index is 899. The highest BCUT2D eigenvalue weighted by atomic mass is 32.1. The van der Waals surface area contributed by atoms with E-state index in [0.29, 0.717) is 0 Å². The van der Waals surface area contributed by atoms with Crippen LogP contribution in [0.4, 0.5) is 0 Å². The lowest BCUT2D eigenvalue weighted by molar-refractivity contribution is 0.530. The molecule has 1 N–H and O–H groups in total. The molecule has 1 aromatic heterocycles. The lowest BCUT2D eigenvalue weighted by atomic mass is 9.99. The van der Waals surface area contributed by atoms with Gasteiger partial charge in [-0.1, -0.05) is 72.8 Å². The summed E-state index contributed by atoms with van der Waals surface area (Å²) in [7, 11) is 0. The molecule has 0 aliphatic carbocycles. The Kier molecular flexibility index (Phi) is 4.86. The van der Waals surface area contributed by atoms with Gasteiger partial charge in [-0.25, -0.2) is 4.98 Å². The average molecular weight is 344 g/mol. The van der Waals surface area contributed by atoms with Crippen molar-refractivity contribution >= 4 is 21.6 Å². The van der Waals surface area contributed by atoms with E-state index in [1.165, 1.54) is 15.8 Å². The van der Waals surface area contributed by atoms with E-state index >= 15 is 0 Å². The molecule has 0 radical (unpaired) electrons. The number of benzene rings is 3. The Labute approximate surface area is 152 Å². The van der Waals surface area contributed by atoms with Gasteiger partial charge in [-0.2, -0.15) is 0 Å². The number of nitrogens with zero attached hydrogens (tertiary/aromatic N) is 1. The van der Waals surface area contributed by atoms with Crippen molar-refractivity contribution in [1.29, 1.82) is 0 Å². The Morgan fingerprint density at radius 1 is 0.800 bits per heavy atom. The Hall–Kier alpha value is -2.49. The highest BCUT2D eigenvalue weighted by molar-refractivity contribution is 7.18. The molecule has 124 valence electrons. The molecule has 0 fully saturated rings. The van der Waals surface area contributed by atoms with Crippen molar-refractivity contribution in [2.24, 2.45) is 0 Å². The normalized spacial score (nSPS) is 12.3. The molecule has 1 atom stereocenters. The van der Waals surface area contributed by atoms with E-state index < -0.39 is 0 Å². The third-order valence-corrected chi connectivity index (χ3v) is 5.36. The second kappa shape index (κ2) is 7.60. The minimum absolute atomic E-state index is 0.274. The maximum atomic E-state index is 4.74. The van der Waals surface area contributed by atoms with Crippen LogP contribution in [-0.4, -0.2) is 4.98 Å². The molecule has 4 rings (SSSR count).